The first-order chi connectivity index (χ1) is 17.2. The zero-order valence-corrected chi connectivity index (χ0v) is 21.3. The number of H-pyrrole nitrogens is 1. The topological polar surface area (TPSA) is 110 Å². The van der Waals surface area contributed by atoms with Gasteiger partial charge in [-0.15, -0.1) is 0 Å². The molecule has 9 heteroatoms. The molecule has 0 bridgehead atoms. The van der Waals surface area contributed by atoms with Gasteiger partial charge < -0.3 is 9.88 Å². The van der Waals surface area contributed by atoms with E-state index in [1.807, 2.05) is 54.3 Å². The highest BCUT2D eigenvalue weighted by Crippen LogP contribution is 2.30. The van der Waals surface area contributed by atoms with Crippen LogP contribution in [0.2, 0.25) is 0 Å². The molecule has 3 heterocycles. The van der Waals surface area contributed by atoms with Crippen LogP contribution < -0.4 is 0 Å². The summed E-state index contributed by atoms with van der Waals surface area (Å²) >= 11 is 0. The number of hydrogen-bond donors (Lipinski definition) is 1. The summed E-state index contributed by atoms with van der Waals surface area (Å²) in [5.74, 6) is 1.06. The molecule has 1 amide bonds. The van der Waals surface area contributed by atoms with Crippen LogP contribution in [0.5, 0.6) is 0 Å². The van der Waals surface area contributed by atoms with Crippen molar-refractivity contribution in [2.45, 2.75) is 38.6 Å². The van der Waals surface area contributed by atoms with Crippen molar-refractivity contribution in [1.29, 1.82) is 5.26 Å². The molecule has 1 aromatic heterocycles. The van der Waals surface area contributed by atoms with Crippen LogP contribution >= 0.6 is 0 Å². The van der Waals surface area contributed by atoms with E-state index >= 15 is 0 Å². The summed E-state index contributed by atoms with van der Waals surface area (Å²) in [6.07, 6.45) is 3.56. The molecule has 3 aromatic rings. The third-order valence-corrected chi connectivity index (χ3v) is 8.55. The number of hydrogen-bond acceptors (Lipinski definition) is 5. The Morgan fingerprint density at radius 3 is 2.50 bits per heavy atom. The third-order valence-electron chi connectivity index (χ3n) is 7.30. The SMILES string of the molecule is Cc1ccc(C(=O)N2CCC(c3ccc(C#N)cc3)CC2)cc1-c1nc2c([nH]1)CN(S(C)(=O)=O)CC2. The minimum atomic E-state index is -3.27. The van der Waals surface area contributed by atoms with E-state index in [9.17, 15) is 13.2 Å². The number of likely N-dealkylation sites (tertiary alicyclic amines) is 1. The van der Waals surface area contributed by atoms with Crippen molar-refractivity contribution < 1.29 is 13.2 Å². The number of nitrogens with one attached hydrogen (secondary N) is 1. The predicted octanol–water partition coefficient (Wildman–Crippen LogP) is 3.59. The number of aromatic amines is 1. The molecule has 1 fully saturated rings. The number of sulfonamides is 1. The van der Waals surface area contributed by atoms with E-state index in [4.69, 9.17) is 10.2 Å². The Morgan fingerprint density at radius 2 is 1.83 bits per heavy atom. The van der Waals surface area contributed by atoms with Crippen LogP contribution in [-0.2, 0) is 23.0 Å². The zero-order chi connectivity index (χ0) is 25.4. The number of aryl methyl sites for hydroxylation is 1. The monoisotopic (exact) mass is 503 g/mol. The Morgan fingerprint density at radius 1 is 1.11 bits per heavy atom. The molecule has 8 nitrogen and oxygen atoms in total. The summed E-state index contributed by atoms with van der Waals surface area (Å²) in [5.41, 5.74) is 6.04. The number of carbonyl (C=O) groups excluding carboxylic acids is 1. The van der Waals surface area contributed by atoms with Gasteiger partial charge in [0.2, 0.25) is 10.0 Å². The molecule has 2 aliphatic heterocycles. The maximum Gasteiger partial charge on any atom is 0.253 e. The van der Waals surface area contributed by atoms with E-state index in [1.54, 1.807) is 0 Å². The number of carbonyl (C=O) groups is 1. The number of aromatic nitrogens is 2. The van der Waals surface area contributed by atoms with Crippen LogP contribution in [0.25, 0.3) is 11.4 Å². The highest BCUT2D eigenvalue weighted by atomic mass is 32.2. The van der Waals surface area contributed by atoms with Crippen LogP contribution in [0.1, 0.15) is 57.2 Å². The molecule has 0 saturated carbocycles. The first-order valence-electron chi connectivity index (χ1n) is 12.2. The second-order valence-corrected chi connectivity index (χ2v) is 11.7. The fraction of sp³-hybridized carbons (Fsp3) is 0.370. The second-order valence-electron chi connectivity index (χ2n) is 9.69. The number of benzene rings is 2. The van der Waals surface area contributed by atoms with E-state index in [2.05, 4.69) is 11.1 Å². The van der Waals surface area contributed by atoms with Crippen molar-refractivity contribution in [3.8, 4) is 17.5 Å². The fourth-order valence-electron chi connectivity index (χ4n) is 5.12. The summed E-state index contributed by atoms with van der Waals surface area (Å²) in [6, 6.07) is 15.6. The summed E-state index contributed by atoms with van der Waals surface area (Å²) in [5, 5.41) is 9.01. The minimum absolute atomic E-state index is 0.00843. The van der Waals surface area contributed by atoms with Crippen molar-refractivity contribution in [3.63, 3.8) is 0 Å². The number of fused-ring (bicyclic) bond motifs is 1. The van der Waals surface area contributed by atoms with E-state index in [0.717, 1.165) is 35.4 Å². The fourth-order valence-corrected chi connectivity index (χ4v) is 5.90. The first kappa shape index (κ1) is 24.2. The Labute approximate surface area is 211 Å². The van der Waals surface area contributed by atoms with Gasteiger partial charge in [-0.3, -0.25) is 4.79 Å². The second kappa shape index (κ2) is 9.52. The van der Waals surface area contributed by atoms with Gasteiger partial charge in [0.15, 0.2) is 0 Å². The summed E-state index contributed by atoms with van der Waals surface area (Å²) < 4.78 is 25.4. The third kappa shape index (κ3) is 4.79. The molecule has 0 radical (unpaired) electrons. The number of amides is 1. The molecular weight excluding hydrogens is 474 g/mol. The Kier molecular flexibility index (Phi) is 6.41. The van der Waals surface area contributed by atoms with Gasteiger partial charge in [-0.05, 0) is 61.1 Å². The number of nitriles is 1. The maximum absolute atomic E-state index is 13.4. The van der Waals surface area contributed by atoms with Gasteiger partial charge in [0.1, 0.15) is 5.82 Å². The quantitative estimate of drug-likeness (QED) is 0.585. The zero-order valence-electron chi connectivity index (χ0n) is 20.5. The van der Waals surface area contributed by atoms with Crippen molar-refractivity contribution >= 4 is 15.9 Å². The lowest BCUT2D eigenvalue weighted by Gasteiger charge is -2.32. The number of imidazole rings is 1. The lowest BCUT2D eigenvalue weighted by molar-refractivity contribution is 0.0713. The van der Waals surface area contributed by atoms with Crippen LogP contribution in [0.15, 0.2) is 42.5 Å². The molecule has 36 heavy (non-hydrogen) atoms. The average Bonchev–Trinajstić information content (AvgIpc) is 3.31. The summed E-state index contributed by atoms with van der Waals surface area (Å²) in [4.78, 5) is 23.3. The molecule has 1 saturated heterocycles. The van der Waals surface area contributed by atoms with Crippen LogP contribution in [0.3, 0.4) is 0 Å². The molecular formula is C27H29N5O3S. The molecule has 2 aromatic carbocycles. The van der Waals surface area contributed by atoms with Crippen LogP contribution in [-0.4, -0.2) is 59.4 Å². The normalized spacial score (nSPS) is 17.0. The molecule has 2 aliphatic rings. The predicted molar refractivity (Wildman–Crippen MR) is 137 cm³/mol. The van der Waals surface area contributed by atoms with Crippen molar-refractivity contribution in [3.05, 3.63) is 76.1 Å². The van der Waals surface area contributed by atoms with E-state index in [-0.39, 0.29) is 12.5 Å². The highest BCUT2D eigenvalue weighted by molar-refractivity contribution is 7.88. The highest BCUT2D eigenvalue weighted by Gasteiger charge is 2.28. The van der Waals surface area contributed by atoms with Crippen molar-refractivity contribution in [2.75, 3.05) is 25.9 Å². The molecule has 5 rings (SSSR count). The lowest BCUT2D eigenvalue weighted by atomic mass is 9.89. The molecule has 0 spiro atoms. The maximum atomic E-state index is 13.4. The van der Waals surface area contributed by atoms with Crippen molar-refractivity contribution in [2.24, 2.45) is 0 Å². The first-order valence-corrected chi connectivity index (χ1v) is 14.0. The molecule has 0 aliphatic carbocycles. The van der Waals surface area contributed by atoms with Gasteiger partial charge in [-0.2, -0.15) is 9.57 Å². The van der Waals surface area contributed by atoms with Gasteiger partial charge >= 0.3 is 0 Å². The summed E-state index contributed by atoms with van der Waals surface area (Å²) in [6.45, 7) is 4.06. The van der Waals surface area contributed by atoms with Crippen molar-refractivity contribution in [1.82, 2.24) is 19.2 Å². The smallest absolute Gasteiger partial charge is 0.253 e. The number of piperidine rings is 1. The summed E-state index contributed by atoms with van der Waals surface area (Å²) in [7, 11) is -3.27. The van der Waals surface area contributed by atoms with E-state index in [0.29, 0.717) is 48.9 Å². The van der Waals surface area contributed by atoms with Gasteiger partial charge in [0.25, 0.3) is 5.91 Å². The van der Waals surface area contributed by atoms with Crippen LogP contribution in [0.4, 0.5) is 0 Å². The Balaban J connectivity index is 1.30. The molecule has 186 valence electrons. The van der Waals surface area contributed by atoms with Gasteiger partial charge in [-0.25, -0.2) is 13.4 Å². The standard InChI is InChI=1S/C27H29N5O3S/c1-18-3-6-22(15-23(18)26-29-24-11-14-32(36(2,34)35)17-25(24)30-26)27(33)31-12-9-21(10-13-31)20-7-4-19(16-28)5-8-20/h3-8,15,21H,9-14,17H2,1-2H3,(H,29,30). The van der Waals surface area contributed by atoms with E-state index < -0.39 is 10.0 Å². The van der Waals surface area contributed by atoms with Gasteiger partial charge in [0, 0.05) is 37.2 Å². The van der Waals surface area contributed by atoms with Crippen LogP contribution in [0, 0.1) is 18.3 Å². The molecule has 0 atom stereocenters. The van der Waals surface area contributed by atoms with E-state index in [1.165, 1.54) is 16.1 Å². The number of rotatable bonds is 4. The lowest BCUT2D eigenvalue weighted by Crippen LogP contribution is -2.37. The minimum Gasteiger partial charge on any atom is -0.341 e. The molecule has 0 unspecified atom stereocenters. The van der Waals surface area contributed by atoms with Gasteiger partial charge in [-0.1, -0.05) is 18.2 Å². The molecule has 1 N–H and O–H groups in total. The Hall–Kier alpha value is -3.48. The largest absolute Gasteiger partial charge is 0.341 e. The number of nitrogens with zero attached hydrogens (tertiary/aromatic N) is 4. The van der Waals surface area contributed by atoms with Gasteiger partial charge in [0.05, 0.1) is 35.8 Å². The Bertz CT molecular complexity index is 1450. The average molecular weight is 504 g/mol.